The fraction of sp³-hybridized carbons (Fsp3) is 0.543. The van der Waals surface area contributed by atoms with Crippen LogP contribution < -0.4 is 10.6 Å². The van der Waals surface area contributed by atoms with Crippen molar-refractivity contribution in [3.05, 3.63) is 58.7 Å². The summed E-state index contributed by atoms with van der Waals surface area (Å²) >= 11 is 6.56. The van der Waals surface area contributed by atoms with Gasteiger partial charge in [-0.05, 0) is 68.5 Å². The van der Waals surface area contributed by atoms with Gasteiger partial charge in [0.15, 0.2) is 0 Å². The molecule has 5 amide bonds. The molecule has 48 heavy (non-hydrogen) atoms. The molecule has 3 fully saturated rings. The van der Waals surface area contributed by atoms with Gasteiger partial charge in [-0.25, -0.2) is 9.59 Å². The highest BCUT2D eigenvalue weighted by atomic mass is 35.5. The van der Waals surface area contributed by atoms with E-state index in [1.807, 2.05) is 40.1 Å². The molecular weight excluding hydrogens is 630 g/mol. The molecule has 2 aromatic carbocycles. The Morgan fingerprint density at radius 3 is 2.42 bits per heavy atom. The van der Waals surface area contributed by atoms with Gasteiger partial charge < -0.3 is 30.2 Å². The number of aromatic nitrogens is 2. The number of para-hydroxylation sites is 1. The molecule has 0 radical (unpaired) electrons. The molecule has 256 valence electrons. The maximum absolute atomic E-state index is 14.1. The van der Waals surface area contributed by atoms with Crippen molar-refractivity contribution < 1.29 is 14.4 Å². The summed E-state index contributed by atoms with van der Waals surface area (Å²) in [5.74, 6) is -0.0562. The topological polar surface area (TPSA) is 120 Å². The Morgan fingerprint density at radius 2 is 1.65 bits per heavy atom. The Morgan fingerprint density at radius 1 is 0.938 bits per heavy atom. The second-order valence-electron chi connectivity index (χ2n) is 13.8. The van der Waals surface area contributed by atoms with Gasteiger partial charge in [0.2, 0.25) is 5.91 Å². The van der Waals surface area contributed by atoms with E-state index in [0.29, 0.717) is 63.1 Å². The average molecular weight is 676 g/mol. The molecule has 1 atom stereocenters. The molecule has 1 aromatic heterocycles. The number of urea groups is 2. The fourth-order valence-electron chi connectivity index (χ4n) is 7.84. The predicted molar refractivity (Wildman–Crippen MR) is 186 cm³/mol. The molecule has 7 rings (SSSR count). The van der Waals surface area contributed by atoms with Crippen LogP contribution >= 0.6 is 11.6 Å². The lowest BCUT2D eigenvalue weighted by molar-refractivity contribution is -0.135. The second-order valence-corrected chi connectivity index (χ2v) is 14.2. The number of rotatable bonds is 6. The predicted octanol–water partition coefficient (Wildman–Crippen LogP) is 3.63. The van der Waals surface area contributed by atoms with Crippen molar-refractivity contribution in [1.82, 2.24) is 40.0 Å². The first kappa shape index (κ1) is 32.7. The number of likely N-dealkylation sites (tertiary alicyclic amines) is 2. The first-order valence-corrected chi connectivity index (χ1v) is 17.7. The minimum absolute atomic E-state index is 0.0474. The number of H-pyrrole nitrogens is 1. The van der Waals surface area contributed by atoms with E-state index in [2.05, 4.69) is 43.7 Å². The highest BCUT2D eigenvalue weighted by Crippen LogP contribution is 2.27. The zero-order valence-electron chi connectivity index (χ0n) is 27.7. The highest BCUT2D eigenvalue weighted by molar-refractivity contribution is 6.35. The lowest BCUT2D eigenvalue weighted by Crippen LogP contribution is -2.58. The third kappa shape index (κ3) is 7.11. The van der Waals surface area contributed by atoms with Crippen LogP contribution in [0, 0.1) is 0 Å². The van der Waals surface area contributed by atoms with Crippen LogP contribution in [0.15, 0.2) is 42.6 Å². The second kappa shape index (κ2) is 14.3. The van der Waals surface area contributed by atoms with Gasteiger partial charge in [0.25, 0.3) is 0 Å². The van der Waals surface area contributed by atoms with Crippen molar-refractivity contribution >= 4 is 46.2 Å². The summed E-state index contributed by atoms with van der Waals surface area (Å²) in [6.07, 6.45) is 6.08. The molecule has 12 nitrogen and oxygen atoms in total. The van der Waals surface area contributed by atoms with E-state index in [-0.39, 0.29) is 24.0 Å². The molecule has 3 saturated heterocycles. The number of piperazine rings is 1. The molecule has 0 bridgehead atoms. The number of carbonyl (C=O) groups excluding carboxylic acids is 3. The van der Waals surface area contributed by atoms with Crippen LogP contribution in [0.4, 0.5) is 15.3 Å². The van der Waals surface area contributed by atoms with Gasteiger partial charge in [-0.3, -0.25) is 14.8 Å². The van der Waals surface area contributed by atoms with Crippen LogP contribution in [-0.4, -0.2) is 137 Å². The average Bonchev–Trinajstić information content (AvgIpc) is 3.52. The number of hydrogen-bond acceptors (Lipinski definition) is 6. The Hall–Kier alpha value is -3.87. The molecule has 3 aromatic rings. The van der Waals surface area contributed by atoms with E-state index in [1.165, 1.54) is 0 Å². The van der Waals surface area contributed by atoms with E-state index in [0.717, 1.165) is 73.2 Å². The normalized spacial score (nSPS) is 21.1. The fourth-order valence-corrected chi connectivity index (χ4v) is 8.14. The molecule has 0 aliphatic carbocycles. The van der Waals surface area contributed by atoms with Gasteiger partial charge in [0.05, 0.1) is 16.7 Å². The summed E-state index contributed by atoms with van der Waals surface area (Å²) in [5, 5.41) is 14.6. The van der Waals surface area contributed by atoms with Gasteiger partial charge in [0, 0.05) is 88.5 Å². The number of likely N-dealkylation sites (N-methyl/N-ethyl adjacent to an activating group) is 1. The molecule has 0 spiro atoms. The lowest BCUT2D eigenvalue weighted by atomic mass is 9.99. The van der Waals surface area contributed by atoms with E-state index in [4.69, 9.17) is 11.6 Å². The van der Waals surface area contributed by atoms with Crippen LogP contribution in [0.2, 0.25) is 5.02 Å². The number of amides is 5. The number of piperidine rings is 2. The molecule has 0 saturated carbocycles. The van der Waals surface area contributed by atoms with Crippen molar-refractivity contribution in [2.45, 2.75) is 56.7 Å². The highest BCUT2D eigenvalue weighted by Gasteiger charge is 2.35. The Bertz CT molecular complexity index is 1620. The van der Waals surface area contributed by atoms with Gasteiger partial charge in [-0.1, -0.05) is 29.8 Å². The summed E-state index contributed by atoms with van der Waals surface area (Å²) in [7, 11) is 2.17. The van der Waals surface area contributed by atoms with Crippen molar-refractivity contribution in [2.75, 3.05) is 71.3 Å². The van der Waals surface area contributed by atoms with Crippen LogP contribution in [0.5, 0.6) is 0 Å². The van der Waals surface area contributed by atoms with Crippen molar-refractivity contribution in [3.8, 4) is 0 Å². The van der Waals surface area contributed by atoms with E-state index in [1.54, 1.807) is 11.1 Å². The molecule has 4 aliphatic heterocycles. The maximum Gasteiger partial charge on any atom is 0.322 e. The first-order valence-electron chi connectivity index (χ1n) is 17.4. The van der Waals surface area contributed by atoms with Crippen molar-refractivity contribution in [1.29, 1.82) is 0 Å². The summed E-state index contributed by atoms with van der Waals surface area (Å²) in [6, 6.07) is 11.2. The quantitative estimate of drug-likeness (QED) is 0.367. The van der Waals surface area contributed by atoms with Gasteiger partial charge in [-0.15, -0.1) is 0 Å². The Labute approximate surface area is 286 Å². The largest absolute Gasteiger partial charge is 0.341 e. The molecule has 5 heterocycles. The zero-order valence-corrected chi connectivity index (χ0v) is 28.4. The van der Waals surface area contributed by atoms with Gasteiger partial charge in [-0.2, -0.15) is 5.10 Å². The number of carbonyl (C=O) groups is 3. The minimum atomic E-state index is -0.731. The monoisotopic (exact) mass is 675 g/mol. The van der Waals surface area contributed by atoms with Gasteiger partial charge in [0.1, 0.15) is 6.04 Å². The molecule has 3 N–H and O–H groups in total. The third-order valence-electron chi connectivity index (χ3n) is 10.8. The number of hydrogen-bond donors (Lipinski definition) is 3. The summed E-state index contributed by atoms with van der Waals surface area (Å²) < 4.78 is 0. The van der Waals surface area contributed by atoms with Crippen molar-refractivity contribution in [3.63, 3.8) is 0 Å². The van der Waals surface area contributed by atoms with E-state index < -0.39 is 6.04 Å². The van der Waals surface area contributed by atoms with Crippen LogP contribution in [0.25, 0.3) is 10.9 Å². The Kier molecular flexibility index (Phi) is 9.74. The molecule has 13 heteroatoms. The SMILES string of the molecule is CN1CCN(C2CCN(C(=O)C(Cc3cc(Cl)c4[nH]ncc4c3)NC(=O)N3CCC(N4CCc5ccccc5NC4=O)CC3)CC2)CC1. The maximum atomic E-state index is 14.1. The zero-order chi connectivity index (χ0) is 33.2. The summed E-state index contributed by atoms with van der Waals surface area (Å²) in [6.45, 7) is 7.31. The number of benzene rings is 2. The number of nitrogens with zero attached hydrogens (tertiary/aromatic N) is 6. The lowest BCUT2D eigenvalue weighted by Gasteiger charge is -2.42. The number of aromatic amines is 1. The molecular formula is C35H46ClN9O3. The van der Waals surface area contributed by atoms with Crippen molar-refractivity contribution in [2.24, 2.45) is 0 Å². The van der Waals surface area contributed by atoms with E-state index in [9.17, 15) is 14.4 Å². The smallest absolute Gasteiger partial charge is 0.322 e. The Balaban J connectivity index is 0.996. The molecule has 4 aliphatic rings. The molecule has 1 unspecified atom stereocenters. The van der Waals surface area contributed by atoms with Crippen LogP contribution in [0.1, 0.15) is 36.8 Å². The summed E-state index contributed by atoms with van der Waals surface area (Å²) in [4.78, 5) is 51.6. The number of fused-ring (bicyclic) bond motifs is 2. The standard InChI is InChI=1S/C35H46ClN9O3/c1-41-16-18-42(19-17-41)27-7-11-43(12-8-27)33(46)31(22-24-20-26-23-37-40-32(26)29(36)21-24)39-34(47)44-13-9-28(10-14-44)45-15-6-25-4-2-3-5-30(25)38-35(45)48/h2-5,20-21,23,27-28,31H,6-19,22H2,1H3,(H,37,40)(H,38,48)(H,39,47). The van der Waals surface area contributed by atoms with Crippen LogP contribution in [0.3, 0.4) is 0 Å². The number of halogens is 1. The first-order chi connectivity index (χ1) is 23.3. The van der Waals surface area contributed by atoms with Crippen LogP contribution in [-0.2, 0) is 17.6 Å². The third-order valence-corrected chi connectivity index (χ3v) is 11.1. The number of anilines is 1. The van der Waals surface area contributed by atoms with Gasteiger partial charge >= 0.3 is 12.1 Å². The summed E-state index contributed by atoms with van der Waals surface area (Å²) in [5.41, 5.74) is 3.63. The minimum Gasteiger partial charge on any atom is -0.341 e. The van der Waals surface area contributed by atoms with E-state index >= 15 is 0 Å². The number of nitrogens with one attached hydrogen (secondary N) is 3.